The van der Waals surface area contributed by atoms with Crippen LogP contribution in [0.5, 0.6) is 0 Å². The fraction of sp³-hybridized carbons (Fsp3) is 0.538. The molecule has 0 fully saturated rings. The zero-order valence-corrected chi connectivity index (χ0v) is 12.7. The van der Waals surface area contributed by atoms with Crippen molar-refractivity contribution in [2.75, 3.05) is 19.0 Å². The summed E-state index contributed by atoms with van der Waals surface area (Å²) in [6.07, 6.45) is 8.42. The molecule has 1 aromatic rings. The molecule has 0 aliphatic carbocycles. The van der Waals surface area contributed by atoms with Crippen LogP contribution in [0.1, 0.15) is 19.8 Å². The molecule has 1 unspecified atom stereocenters. The van der Waals surface area contributed by atoms with Gasteiger partial charge in [0.15, 0.2) is 0 Å². The van der Waals surface area contributed by atoms with Crippen molar-refractivity contribution < 1.29 is 4.74 Å². The molecule has 104 valence electrons. The zero-order valence-electron chi connectivity index (χ0n) is 11.1. The van der Waals surface area contributed by atoms with E-state index in [-0.39, 0.29) is 11.6 Å². The quantitative estimate of drug-likeness (QED) is 0.777. The van der Waals surface area contributed by atoms with E-state index in [0.29, 0.717) is 29.7 Å². The first kappa shape index (κ1) is 15.7. The second kappa shape index (κ2) is 7.97. The van der Waals surface area contributed by atoms with Crippen LogP contribution < -0.4 is 10.9 Å². The molecule has 0 aliphatic rings. The Labute approximate surface area is 121 Å². The van der Waals surface area contributed by atoms with Crippen molar-refractivity contribution in [1.82, 2.24) is 9.78 Å². The lowest BCUT2D eigenvalue weighted by Crippen LogP contribution is -2.27. The molecule has 1 N–H and O–H groups in total. The standard InChI is InChI=1S/C13H18BrN3O2/c1-4-6-10(5-2)16-11-9-15-17(7-8-19-3)13(18)12(11)14/h1,9-10,16H,5-8H2,2-3H3. The van der Waals surface area contributed by atoms with Crippen LogP contribution in [0.25, 0.3) is 0 Å². The average Bonchev–Trinajstić information content (AvgIpc) is 2.42. The largest absolute Gasteiger partial charge is 0.383 e. The number of rotatable bonds is 7. The van der Waals surface area contributed by atoms with Gasteiger partial charge in [-0.2, -0.15) is 5.10 Å². The van der Waals surface area contributed by atoms with E-state index in [1.807, 2.05) is 6.92 Å². The average molecular weight is 328 g/mol. The van der Waals surface area contributed by atoms with Gasteiger partial charge in [-0.25, -0.2) is 4.68 Å². The van der Waals surface area contributed by atoms with Gasteiger partial charge in [-0.1, -0.05) is 6.92 Å². The van der Waals surface area contributed by atoms with Crippen molar-refractivity contribution >= 4 is 21.6 Å². The molecule has 0 spiro atoms. The van der Waals surface area contributed by atoms with Gasteiger partial charge in [0.25, 0.3) is 5.56 Å². The Balaban J connectivity index is 2.90. The highest BCUT2D eigenvalue weighted by Crippen LogP contribution is 2.18. The van der Waals surface area contributed by atoms with Crippen LogP contribution in [0.2, 0.25) is 0 Å². The summed E-state index contributed by atoms with van der Waals surface area (Å²) in [5.41, 5.74) is 0.485. The van der Waals surface area contributed by atoms with E-state index in [1.165, 1.54) is 4.68 Å². The van der Waals surface area contributed by atoms with Crippen molar-refractivity contribution in [3.63, 3.8) is 0 Å². The van der Waals surface area contributed by atoms with Gasteiger partial charge in [-0.3, -0.25) is 4.79 Å². The second-order valence-electron chi connectivity index (χ2n) is 4.05. The molecule has 0 saturated carbocycles. The molecule has 6 heteroatoms. The highest BCUT2D eigenvalue weighted by molar-refractivity contribution is 9.10. The number of nitrogens with one attached hydrogen (secondary N) is 1. The molecule has 0 bridgehead atoms. The van der Waals surface area contributed by atoms with Crippen molar-refractivity contribution in [2.45, 2.75) is 32.4 Å². The number of aromatic nitrogens is 2. The lowest BCUT2D eigenvalue weighted by Gasteiger charge is -2.17. The maximum atomic E-state index is 12.0. The van der Waals surface area contributed by atoms with Gasteiger partial charge in [0.2, 0.25) is 0 Å². The van der Waals surface area contributed by atoms with E-state index < -0.39 is 0 Å². The first-order chi connectivity index (χ1) is 9.13. The summed E-state index contributed by atoms with van der Waals surface area (Å²) >= 11 is 3.30. The van der Waals surface area contributed by atoms with Crippen LogP contribution in [-0.2, 0) is 11.3 Å². The minimum absolute atomic E-state index is 0.136. The number of nitrogens with zero attached hydrogens (tertiary/aromatic N) is 2. The molecule has 1 heterocycles. The van der Waals surface area contributed by atoms with Gasteiger partial charge in [0, 0.05) is 19.6 Å². The fourth-order valence-corrected chi connectivity index (χ4v) is 1.98. The lowest BCUT2D eigenvalue weighted by molar-refractivity contribution is 0.181. The van der Waals surface area contributed by atoms with Gasteiger partial charge < -0.3 is 10.1 Å². The van der Waals surface area contributed by atoms with E-state index in [0.717, 1.165) is 6.42 Å². The Kier molecular flexibility index (Phi) is 6.60. The molecule has 0 aliphatic heterocycles. The number of hydrogen-bond acceptors (Lipinski definition) is 4. The number of halogens is 1. The van der Waals surface area contributed by atoms with Crippen LogP contribution in [-0.4, -0.2) is 29.5 Å². The first-order valence-corrected chi connectivity index (χ1v) is 6.87. The summed E-state index contributed by atoms with van der Waals surface area (Å²) < 4.78 is 6.76. The van der Waals surface area contributed by atoms with E-state index in [2.05, 4.69) is 32.3 Å². The molecule has 0 saturated heterocycles. The predicted molar refractivity (Wildman–Crippen MR) is 79.2 cm³/mol. The monoisotopic (exact) mass is 327 g/mol. The third-order valence-electron chi connectivity index (χ3n) is 2.71. The van der Waals surface area contributed by atoms with Crippen LogP contribution in [0.3, 0.4) is 0 Å². The number of methoxy groups -OCH3 is 1. The molecule has 0 aromatic carbocycles. The summed E-state index contributed by atoms with van der Waals surface area (Å²) in [5.74, 6) is 2.61. The molecule has 1 rings (SSSR count). The topological polar surface area (TPSA) is 56.1 Å². The molecular formula is C13H18BrN3O2. The van der Waals surface area contributed by atoms with Gasteiger partial charge >= 0.3 is 0 Å². The summed E-state index contributed by atoms with van der Waals surface area (Å²) in [6.45, 7) is 2.91. The Hall–Kier alpha value is -1.32. The highest BCUT2D eigenvalue weighted by atomic mass is 79.9. The number of ether oxygens (including phenoxy) is 1. The van der Waals surface area contributed by atoms with Crippen LogP contribution in [0.15, 0.2) is 15.5 Å². The number of terminal acetylenes is 1. The van der Waals surface area contributed by atoms with Gasteiger partial charge in [0.05, 0.1) is 25.0 Å². The smallest absolute Gasteiger partial charge is 0.283 e. The predicted octanol–water partition coefficient (Wildman–Crippen LogP) is 1.87. The Morgan fingerprint density at radius 2 is 2.42 bits per heavy atom. The Morgan fingerprint density at radius 1 is 1.68 bits per heavy atom. The summed E-state index contributed by atoms with van der Waals surface area (Å²) in [5, 5.41) is 7.33. The van der Waals surface area contributed by atoms with Crippen LogP contribution >= 0.6 is 15.9 Å². The summed E-state index contributed by atoms with van der Waals surface area (Å²) in [6, 6.07) is 0.136. The Bertz CT molecular complexity index is 508. The van der Waals surface area contributed by atoms with Gasteiger partial charge in [-0.15, -0.1) is 12.3 Å². The third-order valence-corrected chi connectivity index (χ3v) is 3.48. The SMILES string of the molecule is C#CCC(CC)Nc1cnn(CCOC)c(=O)c1Br. The van der Waals surface area contributed by atoms with Crippen molar-refractivity contribution in [1.29, 1.82) is 0 Å². The maximum absolute atomic E-state index is 12.0. The molecule has 1 atom stereocenters. The van der Waals surface area contributed by atoms with Crippen LogP contribution in [0, 0.1) is 12.3 Å². The summed E-state index contributed by atoms with van der Waals surface area (Å²) in [4.78, 5) is 12.0. The van der Waals surface area contributed by atoms with Gasteiger partial charge in [-0.05, 0) is 22.4 Å². The zero-order chi connectivity index (χ0) is 14.3. The molecule has 5 nitrogen and oxygen atoms in total. The number of anilines is 1. The Morgan fingerprint density at radius 3 is 3.00 bits per heavy atom. The summed E-state index contributed by atoms with van der Waals surface area (Å²) in [7, 11) is 1.58. The lowest BCUT2D eigenvalue weighted by atomic mass is 10.1. The minimum Gasteiger partial charge on any atom is -0.383 e. The number of hydrogen-bond donors (Lipinski definition) is 1. The molecule has 19 heavy (non-hydrogen) atoms. The van der Waals surface area contributed by atoms with E-state index in [4.69, 9.17) is 11.2 Å². The van der Waals surface area contributed by atoms with Gasteiger partial charge in [0.1, 0.15) is 4.47 Å². The molecule has 0 radical (unpaired) electrons. The van der Waals surface area contributed by atoms with E-state index in [9.17, 15) is 4.79 Å². The maximum Gasteiger partial charge on any atom is 0.283 e. The van der Waals surface area contributed by atoms with Crippen molar-refractivity contribution in [3.05, 3.63) is 21.0 Å². The highest BCUT2D eigenvalue weighted by Gasteiger charge is 2.12. The molecule has 0 amide bonds. The fourth-order valence-electron chi connectivity index (χ4n) is 1.56. The van der Waals surface area contributed by atoms with Crippen molar-refractivity contribution in [3.8, 4) is 12.3 Å². The minimum atomic E-state index is -0.183. The molecule has 1 aromatic heterocycles. The first-order valence-electron chi connectivity index (χ1n) is 6.08. The van der Waals surface area contributed by atoms with E-state index in [1.54, 1.807) is 13.3 Å². The molecular weight excluding hydrogens is 310 g/mol. The normalized spacial score (nSPS) is 11.9. The van der Waals surface area contributed by atoms with E-state index >= 15 is 0 Å². The second-order valence-corrected chi connectivity index (χ2v) is 4.84. The van der Waals surface area contributed by atoms with Crippen molar-refractivity contribution in [2.24, 2.45) is 0 Å². The third kappa shape index (κ3) is 4.37. The van der Waals surface area contributed by atoms with Crippen LogP contribution in [0.4, 0.5) is 5.69 Å².